The van der Waals surface area contributed by atoms with Crippen molar-refractivity contribution in [1.82, 2.24) is 4.90 Å². The number of nitrogens with one attached hydrogen (secondary N) is 1. The number of imide groups is 1. The topological polar surface area (TPSA) is 94.2 Å². The maximum absolute atomic E-state index is 13.1. The molecule has 3 amide bonds. The Morgan fingerprint density at radius 1 is 1.00 bits per heavy atom. The zero-order valence-electron chi connectivity index (χ0n) is 22.3. The number of hydrogen-bond acceptors (Lipinski definition) is 7. The van der Waals surface area contributed by atoms with Gasteiger partial charge in [-0.2, -0.15) is 13.2 Å². The number of rotatable bonds is 10. The third kappa shape index (κ3) is 7.56. The van der Waals surface area contributed by atoms with Gasteiger partial charge in [0.1, 0.15) is 18.9 Å². The minimum absolute atomic E-state index is 0.0175. The van der Waals surface area contributed by atoms with Crippen molar-refractivity contribution >= 4 is 52.2 Å². The van der Waals surface area contributed by atoms with Gasteiger partial charge in [0, 0.05) is 5.02 Å². The van der Waals surface area contributed by atoms with Crippen molar-refractivity contribution in [1.29, 1.82) is 0 Å². The number of anilines is 1. The number of amides is 3. The molecule has 1 fully saturated rings. The minimum Gasteiger partial charge on any atom is -0.495 e. The molecule has 4 rings (SSSR count). The predicted molar refractivity (Wildman–Crippen MR) is 153 cm³/mol. The summed E-state index contributed by atoms with van der Waals surface area (Å²) < 4.78 is 56.0. The van der Waals surface area contributed by atoms with Crippen molar-refractivity contribution < 1.29 is 41.8 Å². The van der Waals surface area contributed by atoms with Crippen LogP contribution in [-0.4, -0.2) is 42.2 Å². The Bertz CT molecular complexity index is 1530. The SMILES string of the molecule is CCOc1cc(/C=C2\SC(=O)N(CC(=O)Nc3cc(C(F)(F)F)ccc3OC)C2=O)ccc1OCc1ccc(Cl)cc1. The van der Waals surface area contributed by atoms with Crippen LogP contribution in [0.5, 0.6) is 17.2 Å². The van der Waals surface area contributed by atoms with Crippen LogP contribution in [0.25, 0.3) is 6.08 Å². The largest absolute Gasteiger partial charge is 0.495 e. The standard InChI is InChI=1S/C29H24ClF3N2O6S/c1-3-40-24-12-18(6-10-23(24)41-16-17-4-8-20(30)9-5-17)13-25-27(37)35(28(38)42-25)15-26(36)34-21-14-19(29(31,32)33)7-11-22(21)39-2/h4-14H,3,15-16H2,1-2H3,(H,34,36)/b25-13-. The van der Waals surface area contributed by atoms with Crippen molar-refractivity contribution in [2.75, 3.05) is 25.6 Å². The van der Waals surface area contributed by atoms with Crippen LogP contribution in [0.4, 0.5) is 23.7 Å². The van der Waals surface area contributed by atoms with Gasteiger partial charge in [0.15, 0.2) is 11.5 Å². The van der Waals surface area contributed by atoms with Crippen LogP contribution < -0.4 is 19.5 Å². The molecule has 8 nitrogen and oxygen atoms in total. The zero-order chi connectivity index (χ0) is 30.4. The van der Waals surface area contributed by atoms with Crippen LogP contribution in [0, 0.1) is 0 Å². The molecule has 13 heteroatoms. The number of methoxy groups -OCH3 is 1. The molecule has 1 N–H and O–H groups in total. The highest BCUT2D eigenvalue weighted by Gasteiger charge is 2.37. The van der Waals surface area contributed by atoms with Gasteiger partial charge >= 0.3 is 6.18 Å². The third-order valence-electron chi connectivity index (χ3n) is 5.85. The number of halogens is 4. The molecular weight excluding hydrogens is 597 g/mol. The van der Waals surface area contributed by atoms with Crippen LogP contribution in [0.15, 0.2) is 65.6 Å². The van der Waals surface area contributed by atoms with Gasteiger partial charge in [-0.25, -0.2) is 0 Å². The van der Waals surface area contributed by atoms with Gasteiger partial charge in [-0.15, -0.1) is 0 Å². The van der Waals surface area contributed by atoms with Gasteiger partial charge < -0.3 is 19.5 Å². The second-order valence-corrected chi connectivity index (χ2v) is 10.2. The summed E-state index contributed by atoms with van der Waals surface area (Å²) in [6.07, 6.45) is -3.17. The summed E-state index contributed by atoms with van der Waals surface area (Å²) in [5.41, 5.74) is 0.193. The van der Waals surface area contributed by atoms with E-state index in [2.05, 4.69) is 5.32 Å². The van der Waals surface area contributed by atoms with Crippen LogP contribution in [-0.2, 0) is 22.4 Å². The van der Waals surface area contributed by atoms with Gasteiger partial charge in [-0.1, -0.05) is 29.8 Å². The monoisotopic (exact) mass is 620 g/mol. The van der Waals surface area contributed by atoms with E-state index >= 15 is 0 Å². The van der Waals surface area contributed by atoms with Gasteiger partial charge in [-0.3, -0.25) is 19.3 Å². The molecule has 1 heterocycles. The van der Waals surface area contributed by atoms with Crippen molar-refractivity contribution in [2.24, 2.45) is 0 Å². The molecule has 0 unspecified atom stereocenters. The van der Waals surface area contributed by atoms with Gasteiger partial charge in [0.2, 0.25) is 5.91 Å². The highest BCUT2D eigenvalue weighted by molar-refractivity contribution is 8.18. The molecule has 0 saturated carbocycles. The Hall–Kier alpha value is -4.16. The van der Waals surface area contributed by atoms with Crippen molar-refractivity contribution in [2.45, 2.75) is 19.7 Å². The third-order valence-corrected chi connectivity index (χ3v) is 7.01. The number of ether oxygens (including phenoxy) is 3. The summed E-state index contributed by atoms with van der Waals surface area (Å²) in [7, 11) is 1.23. The minimum atomic E-state index is -4.65. The Morgan fingerprint density at radius 2 is 1.71 bits per heavy atom. The Kier molecular flexibility index (Phi) is 9.69. The molecule has 0 atom stereocenters. The van der Waals surface area contributed by atoms with Crippen LogP contribution >= 0.6 is 23.4 Å². The molecule has 0 bridgehead atoms. The first-order chi connectivity index (χ1) is 20.0. The second kappa shape index (κ2) is 13.2. The molecule has 42 heavy (non-hydrogen) atoms. The lowest BCUT2D eigenvalue weighted by Gasteiger charge is -2.16. The predicted octanol–water partition coefficient (Wildman–Crippen LogP) is 7.02. The maximum Gasteiger partial charge on any atom is 0.416 e. The van der Waals surface area contributed by atoms with Crippen molar-refractivity contribution in [3.8, 4) is 17.2 Å². The van der Waals surface area contributed by atoms with Gasteiger partial charge in [-0.05, 0) is 78.4 Å². The van der Waals surface area contributed by atoms with Crippen LogP contribution in [0.3, 0.4) is 0 Å². The van der Waals surface area contributed by atoms with E-state index in [4.69, 9.17) is 25.8 Å². The van der Waals surface area contributed by atoms with Crippen molar-refractivity contribution in [3.63, 3.8) is 0 Å². The molecule has 0 aliphatic carbocycles. The summed E-state index contributed by atoms with van der Waals surface area (Å²) in [5.74, 6) is -0.724. The average molecular weight is 621 g/mol. The van der Waals surface area contributed by atoms with E-state index in [1.54, 1.807) is 37.3 Å². The molecule has 0 aromatic heterocycles. The summed E-state index contributed by atoms with van der Waals surface area (Å²) in [6, 6.07) is 14.8. The van der Waals surface area contributed by atoms with Gasteiger partial charge in [0.25, 0.3) is 11.1 Å². The first-order valence-electron chi connectivity index (χ1n) is 12.4. The van der Waals surface area contributed by atoms with E-state index in [1.165, 1.54) is 13.2 Å². The number of nitrogens with zero attached hydrogens (tertiary/aromatic N) is 1. The first kappa shape index (κ1) is 30.8. The van der Waals surface area contributed by atoms with Crippen LogP contribution in [0.1, 0.15) is 23.6 Å². The molecule has 1 saturated heterocycles. The molecule has 1 aliphatic heterocycles. The Balaban J connectivity index is 1.46. The van der Waals surface area contributed by atoms with E-state index < -0.39 is 35.3 Å². The summed E-state index contributed by atoms with van der Waals surface area (Å²) in [5, 5.41) is 2.19. The van der Waals surface area contributed by atoms with Crippen molar-refractivity contribution in [3.05, 3.63) is 87.3 Å². The van der Waals surface area contributed by atoms with Crippen LogP contribution in [0.2, 0.25) is 5.02 Å². The summed E-state index contributed by atoms with van der Waals surface area (Å²) in [6.45, 7) is 1.72. The number of carbonyl (C=O) groups is 3. The lowest BCUT2D eigenvalue weighted by atomic mass is 10.1. The quantitative estimate of drug-likeness (QED) is 0.243. The Morgan fingerprint density at radius 3 is 2.38 bits per heavy atom. The fourth-order valence-electron chi connectivity index (χ4n) is 3.85. The summed E-state index contributed by atoms with van der Waals surface area (Å²) in [4.78, 5) is 38.9. The number of alkyl halides is 3. The Labute approximate surface area is 248 Å². The van der Waals surface area contributed by atoms with E-state index in [9.17, 15) is 27.6 Å². The molecule has 3 aromatic carbocycles. The number of benzene rings is 3. The lowest BCUT2D eigenvalue weighted by molar-refractivity contribution is -0.137. The van der Waals surface area contributed by atoms with E-state index in [0.29, 0.717) is 51.4 Å². The smallest absolute Gasteiger partial charge is 0.416 e. The molecule has 0 spiro atoms. The number of carbonyl (C=O) groups excluding carboxylic acids is 3. The van der Waals surface area contributed by atoms with Gasteiger partial charge in [0.05, 0.1) is 29.9 Å². The number of thioether (sulfide) groups is 1. The fourth-order valence-corrected chi connectivity index (χ4v) is 4.81. The number of hydrogen-bond donors (Lipinski definition) is 1. The normalized spacial score (nSPS) is 14.3. The van der Waals surface area contributed by atoms with E-state index in [-0.39, 0.29) is 22.9 Å². The molecule has 0 radical (unpaired) electrons. The summed E-state index contributed by atoms with van der Waals surface area (Å²) >= 11 is 6.56. The lowest BCUT2D eigenvalue weighted by Crippen LogP contribution is -2.36. The molecule has 3 aromatic rings. The molecule has 220 valence electrons. The zero-order valence-corrected chi connectivity index (χ0v) is 23.9. The fraction of sp³-hybridized carbons (Fsp3) is 0.207. The average Bonchev–Trinajstić information content (AvgIpc) is 3.20. The first-order valence-corrected chi connectivity index (χ1v) is 13.6. The van der Waals surface area contributed by atoms with E-state index in [1.807, 2.05) is 12.1 Å². The molecular formula is C29H24ClF3N2O6S. The second-order valence-electron chi connectivity index (χ2n) is 8.78. The highest BCUT2D eigenvalue weighted by Crippen LogP contribution is 2.37. The highest BCUT2D eigenvalue weighted by atomic mass is 35.5. The maximum atomic E-state index is 13.1. The molecule has 1 aliphatic rings. The van der Waals surface area contributed by atoms with E-state index in [0.717, 1.165) is 17.7 Å².